The molecule has 0 radical (unpaired) electrons. The Hall–Kier alpha value is -0.860. The van der Waals surface area contributed by atoms with Crippen LogP contribution in [0.15, 0.2) is 24.3 Å². The summed E-state index contributed by atoms with van der Waals surface area (Å²) in [6.45, 7) is 9.58. The highest BCUT2D eigenvalue weighted by Gasteiger charge is 2.38. The first-order valence-electron chi connectivity index (χ1n) is 8.75. The second kappa shape index (κ2) is 6.50. The quantitative estimate of drug-likeness (QED) is 0.910. The maximum atomic E-state index is 3.86. The van der Waals surface area contributed by atoms with E-state index in [4.69, 9.17) is 0 Å². The molecule has 1 N–H and O–H groups in total. The summed E-state index contributed by atoms with van der Waals surface area (Å²) in [6, 6.07) is 9.09. The summed E-state index contributed by atoms with van der Waals surface area (Å²) in [4.78, 5) is 2.67. The second-order valence-electron chi connectivity index (χ2n) is 7.29. The molecule has 0 aliphatic carbocycles. The molecule has 116 valence electrons. The fourth-order valence-electron chi connectivity index (χ4n) is 4.06. The molecule has 2 heteroatoms. The van der Waals surface area contributed by atoms with Gasteiger partial charge in [0.05, 0.1) is 0 Å². The van der Waals surface area contributed by atoms with E-state index < -0.39 is 0 Å². The summed E-state index contributed by atoms with van der Waals surface area (Å²) in [5, 5.41) is 3.86. The van der Waals surface area contributed by atoms with E-state index in [0.29, 0.717) is 0 Å². The van der Waals surface area contributed by atoms with E-state index in [2.05, 4.69) is 48.3 Å². The molecular weight excluding hydrogens is 256 g/mol. The van der Waals surface area contributed by atoms with Crippen molar-refractivity contribution in [1.29, 1.82) is 0 Å². The molecule has 2 aliphatic heterocycles. The molecule has 0 saturated carbocycles. The molecule has 0 unspecified atom stereocenters. The monoisotopic (exact) mass is 286 g/mol. The van der Waals surface area contributed by atoms with E-state index in [9.17, 15) is 0 Å². The van der Waals surface area contributed by atoms with Crippen LogP contribution in [0.5, 0.6) is 0 Å². The van der Waals surface area contributed by atoms with E-state index in [1.165, 1.54) is 51.7 Å². The molecule has 1 saturated heterocycles. The summed E-state index contributed by atoms with van der Waals surface area (Å²) in [6.07, 6.45) is 6.45. The van der Waals surface area contributed by atoms with Gasteiger partial charge in [-0.1, -0.05) is 38.1 Å². The largest absolute Gasteiger partial charge is 0.307 e. The maximum absolute atomic E-state index is 3.86. The highest BCUT2D eigenvalue weighted by atomic mass is 15.2. The smallest absolute Gasteiger partial charge is 0.0461 e. The van der Waals surface area contributed by atoms with Crippen LogP contribution in [0.2, 0.25) is 0 Å². The van der Waals surface area contributed by atoms with E-state index >= 15 is 0 Å². The third kappa shape index (κ3) is 3.32. The number of rotatable bonds is 4. The third-order valence-electron chi connectivity index (χ3n) is 5.36. The van der Waals surface area contributed by atoms with Gasteiger partial charge in [0.1, 0.15) is 0 Å². The summed E-state index contributed by atoms with van der Waals surface area (Å²) in [5.74, 6) is 0.841. The van der Waals surface area contributed by atoms with Gasteiger partial charge in [0, 0.05) is 25.2 Å². The normalized spacial score (nSPS) is 21.7. The molecule has 2 nitrogen and oxygen atoms in total. The molecular formula is C19H30N2. The zero-order valence-corrected chi connectivity index (χ0v) is 13.7. The molecule has 0 amide bonds. The number of likely N-dealkylation sites (tertiary alicyclic amines) is 1. The van der Waals surface area contributed by atoms with Gasteiger partial charge in [-0.3, -0.25) is 0 Å². The number of nitrogens with zero attached hydrogens (tertiary/aromatic N) is 1. The molecule has 1 fully saturated rings. The van der Waals surface area contributed by atoms with Crippen molar-refractivity contribution >= 4 is 0 Å². The lowest BCUT2D eigenvalue weighted by Gasteiger charge is -2.46. The lowest BCUT2D eigenvalue weighted by atomic mass is 9.76. The van der Waals surface area contributed by atoms with E-state index in [0.717, 1.165) is 12.5 Å². The second-order valence-corrected chi connectivity index (χ2v) is 7.29. The topological polar surface area (TPSA) is 15.3 Å². The van der Waals surface area contributed by atoms with Crippen LogP contribution >= 0.6 is 0 Å². The summed E-state index contributed by atoms with van der Waals surface area (Å²) < 4.78 is 0. The van der Waals surface area contributed by atoms with Crippen LogP contribution in [-0.2, 0) is 12.0 Å². The van der Waals surface area contributed by atoms with Gasteiger partial charge < -0.3 is 10.2 Å². The fraction of sp³-hybridized carbons (Fsp3) is 0.684. The highest BCUT2D eigenvalue weighted by molar-refractivity contribution is 5.36. The van der Waals surface area contributed by atoms with Crippen molar-refractivity contribution < 1.29 is 0 Å². The van der Waals surface area contributed by atoms with Crippen LogP contribution in [0.3, 0.4) is 0 Å². The third-order valence-corrected chi connectivity index (χ3v) is 5.36. The number of hydrogen-bond acceptors (Lipinski definition) is 2. The molecule has 1 aromatic rings. The van der Waals surface area contributed by atoms with Crippen LogP contribution < -0.4 is 5.32 Å². The van der Waals surface area contributed by atoms with Crippen molar-refractivity contribution in [2.45, 2.75) is 51.5 Å². The first-order chi connectivity index (χ1) is 10.2. The van der Waals surface area contributed by atoms with Crippen LogP contribution in [0, 0.1) is 5.92 Å². The standard InChI is InChI=1S/C19H30N2/c1-16(2)6-5-13-21-14-10-19(11-15-21)18-8-4-3-7-17(18)9-12-20-19/h3-4,7-8,16,20H,5-6,9-15H2,1-2H3. The van der Waals surface area contributed by atoms with Crippen molar-refractivity contribution in [3.63, 3.8) is 0 Å². The predicted molar refractivity (Wildman–Crippen MR) is 89.6 cm³/mol. The van der Waals surface area contributed by atoms with Crippen molar-refractivity contribution in [2.24, 2.45) is 5.92 Å². The van der Waals surface area contributed by atoms with Gasteiger partial charge >= 0.3 is 0 Å². The Morgan fingerprint density at radius 3 is 2.71 bits per heavy atom. The fourth-order valence-corrected chi connectivity index (χ4v) is 4.06. The van der Waals surface area contributed by atoms with Crippen LogP contribution in [-0.4, -0.2) is 31.1 Å². The van der Waals surface area contributed by atoms with Crippen LogP contribution in [0.1, 0.15) is 50.7 Å². The Kier molecular flexibility index (Phi) is 4.66. The van der Waals surface area contributed by atoms with Gasteiger partial charge in [-0.25, -0.2) is 0 Å². The van der Waals surface area contributed by atoms with E-state index in [1.54, 1.807) is 11.1 Å². The molecule has 0 atom stereocenters. The predicted octanol–water partition coefficient (Wildman–Crippen LogP) is 3.56. The van der Waals surface area contributed by atoms with Gasteiger partial charge in [-0.15, -0.1) is 0 Å². The Morgan fingerprint density at radius 2 is 1.95 bits per heavy atom. The SMILES string of the molecule is CC(C)CCCN1CCC2(CC1)NCCc1ccccc12. The van der Waals surface area contributed by atoms with Gasteiger partial charge in [0.25, 0.3) is 0 Å². The molecule has 0 aromatic heterocycles. The van der Waals surface area contributed by atoms with Crippen molar-refractivity contribution in [2.75, 3.05) is 26.2 Å². The Balaban J connectivity index is 1.61. The summed E-state index contributed by atoms with van der Waals surface area (Å²) in [7, 11) is 0. The molecule has 3 rings (SSSR count). The lowest BCUT2D eigenvalue weighted by Crippen LogP contribution is -2.54. The summed E-state index contributed by atoms with van der Waals surface area (Å²) in [5.41, 5.74) is 3.42. The van der Waals surface area contributed by atoms with Crippen LogP contribution in [0.4, 0.5) is 0 Å². The van der Waals surface area contributed by atoms with Crippen LogP contribution in [0.25, 0.3) is 0 Å². The zero-order chi connectivity index (χ0) is 14.7. The first-order valence-corrected chi connectivity index (χ1v) is 8.75. The molecule has 1 spiro atoms. The zero-order valence-electron chi connectivity index (χ0n) is 13.7. The molecule has 21 heavy (non-hydrogen) atoms. The first kappa shape index (κ1) is 15.1. The van der Waals surface area contributed by atoms with Crippen molar-refractivity contribution in [3.8, 4) is 0 Å². The van der Waals surface area contributed by atoms with Gasteiger partial charge in [-0.05, 0) is 55.7 Å². The number of piperidine rings is 1. The highest BCUT2D eigenvalue weighted by Crippen LogP contribution is 2.37. The molecule has 2 aliphatic rings. The Morgan fingerprint density at radius 1 is 1.19 bits per heavy atom. The van der Waals surface area contributed by atoms with E-state index in [1.807, 2.05) is 0 Å². The Labute approximate surface area is 129 Å². The van der Waals surface area contributed by atoms with Crippen molar-refractivity contribution in [3.05, 3.63) is 35.4 Å². The minimum absolute atomic E-state index is 0.267. The number of fused-ring (bicyclic) bond motifs is 2. The van der Waals surface area contributed by atoms with Gasteiger partial charge in [0.2, 0.25) is 0 Å². The summed E-state index contributed by atoms with van der Waals surface area (Å²) >= 11 is 0. The molecule has 1 aromatic carbocycles. The minimum Gasteiger partial charge on any atom is -0.307 e. The van der Waals surface area contributed by atoms with Gasteiger partial charge in [-0.2, -0.15) is 0 Å². The number of nitrogens with one attached hydrogen (secondary N) is 1. The van der Waals surface area contributed by atoms with Gasteiger partial charge in [0.15, 0.2) is 0 Å². The average Bonchev–Trinajstić information content (AvgIpc) is 2.50. The number of hydrogen-bond donors (Lipinski definition) is 1. The lowest BCUT2D eigenvalue weighted by molar-refractivity contribution is 0.126. The minimum atomic E-state index is 0.267. The maximum Gasteiger partial charge on any atom is 0.0461 e. The van der Waals surface area contributed by atoms with Crippen molar-refractivity contribution in [1.82, 2.24) is 10.2 Å². The molecule has 0 bridgehead atoms. The van der Waals surface area contributed by atoms with E-state index in [-0.39, 0.29) is 5.54 Å². The number of benzene rings is 1. The average molecular weight is 286 g/mol. The Bertz CT molecular complexity index is 458. The molecule has 2 heterocycles.